The van der Waals surface area contributed by atoms with Gasteiger partial charge in [-0.05, 0) is 25.5 Å². The van der Waals surface area contributed by atoms with Crippen molar-refractivity contribution in [2.24, 2.45) is 4.99 Å². The monoisotopic (exact) mass is 378 g/mol. The van der Waals surface area contributed by atoms with Crippen LogP contribution in [0.5, 0.6) is 0 Å². The summed E-state index contributed by atoms with van der Waals surface area (Å²) in [7, 11) is 1.71. The fourth-order valence-electron chi connectivity index (χ4n) is 1.42. The van der Waals surface area contributed by atoms with Gasteiger partial charge in [0.15, 0.2) is 5.96 Å². The highest BCUT2D eigenvalue weighted by molar-refractivity contribution is 14.0. The van der Waals surface area contributed by atoms with Crippen molar-refractivity contribution in [2.75, 3.05) is 26.8 Å². The molecule has 1 aromatic rings. The minimum Gasteiger partial charge on any atom is -0.385 e. The Hall–Kier alpha value is -0.890. The topological polar surface area (TPSA) is 58.5 Å². The van der Waals surface area contributed by atoms with E-state index in [0.29, 0.717) is 6.54 Å². The third kappa shape index (κ3) is 8.77. The number of ether oxygens (including phenoxy) is 1. The van der Waals surface area contributed by atoms with Crippen molar-refractivity contribution < 1.29 is 4.74 Å². The molecule has 1 heterocycles. The fraction of sp³-hybridized carbons (Fsp3) is 0.538. The van der Waals surface area contributed by atoms with Gasteiger partial charge in [0, 0.05) is 33.0 Å². The summed E-state index contributed by atoms with van der Waals surface area (Å²) in [6, 6.07) is 5.84. The van der Waals surface area contributed by atoms with Gasteiger partial charge in [0.2, 0.25) is 0 Å². The molecule has 0 saturated carbocycles. The van der Waals surface area contributed by atoms with E-state index in [4.69, 9.17) is 4.74 Å². The van der Waals surface area contributed by atoms with Crippen molar-refractivity contribution in [1.82, 2.24) is 15.6 Å². The summed E-state index contributed by atoms with van der Waals surface area (Å²) >= 11 is 0. The minimum absolute atomic E-state index is 0. The lowest BCUT2D eigenvalue weighted by Gasteiger charge is -2.10. The third-order valence-corrected chi connectivity index (χ3v) is 2.29. The first-order valence-electron chi connectivity index (χ1n) is 6.28. The number of aromatic nitrogens is 1. The molecule has 0 fully saturated rings. The zero-order chi connectivity index (χ0) is 13.1. The Bertz CT molecular complexity index is 346. The van der Waals surface area contributed by atoms with Crippen molar-refractivity contribution in [3.8, 4) is 0 Å². The average Bonchev–Trinajstić information content (AvgIpc) is 2.42. The van der Waals surface area contributed by atoms with E-state index in [9.17, 15) is 0 Å². The van der Waals surface area contributed by atoms with Crippen LogP contribution in [0.3, 0.4) is 0 Å². The SMILES string of the molecule is CCNC(=NCc1ccccn1)NCCCOC.I. The second-order valence-electron chi connectivity index (χ2n) is 3.79. The third-order valence-electron chi connectivity index (χ3n) is 2.29. The number of guanidine groups is 1. The molecule has 0 bridgehead atoms. The van der Waals surface area contributed by atoms with E-state index < -0.39 is 0 Å². The van der Waals surface area contributed by atoms with E-state index in [2.05, 4.69) is 20.6 Å². The number of rotatable bonds is 7. The van der Waals surface area contributed by atoms with E-state index in [-0.39, 0.29) is 24.0 Å². The fourth-order valence-corrected chi connectivity index (χ4v) is 1.42. The largest absolute Gasteiger partial charge is 0.385 e. The van der Waals surface area contributed by atoms with Gasteiger partial charge in [-0.25, -0.2) is 4.99 Å². The van der Waals surface area contributed by atoms with Crippen LogP contribution in [-0.2, 0) is 11.3 Å². The van der Waals surface area contributed by atoms with Crippen molar-refractivity contribution in [3.63, 3.8) is 0 Å². The number of nitrogens with one attached hydrogen (secondary N) is 2. The summed E-state index contributed by atoms with van der Waals surface area (Å²) in [5, 5.41) is 6.46. The quantitative estimate of drug-likeness (QED) is 0.329. The summed E-state index contributed by atoms with van der Waals surface area (Å²) < 4.78 is 5.00. The van der Waals surface area contributed by atoms with Gasteiger partial charge in [0.25, 0.3) is 0 Å². The molecule has 2 N–H and O–H groups in total. The average molecular weight is 378 g/mol. The number of halogens is 1. The van der Waals surface area contributed by atoms with E-state index >= 15 is 0 Å². The van der Waals surface area contributed by atoms with Crippen LogP contribution in [0.2, 0.25) is 0 Å². The molecule has 1 rings (SSSR count). The van der Waals surface area contributed by atoms with Crippen LogP contribution in [0.1, 0.15) is 19.0 Å². The maximum absolute atomic E-state index is 5.00. The summed E-state index contributed by atoms with van der Waals surface area (Å²) in [6.45, 7) is 5.08. The molecular weight excluding hydrogens is 355 g/mol. The molecule has 0 aliphatic rings. The molecule has 0 aliphatic carbocycles. The Morgan fingerprint density at radius 3 is 2.84 bits per heavy atom. The van der Waals surface area contributed by atoms with Gasteiger partial charge in [-0.2, -0.15) is 0 Å². The van der Waals surface area contributed by atoms with Gasteiger partial charge in [-0.3, -0.25) is 4.98 Å². The van der Waals surface area contributed by atoms with E-state index in [1.807, 2.05) is 25.1 Å². The van der Waals surface area contributed by atoms with Crippen LogP contribution >= 0.6 is 24.0 Å². The van der Waals surface area contributed by atoms with Crippen LogP contribution < -0.4 is 10.6 Å². The summed E-state index contributed by atoms with van der Waals surface area (Å²) in [4.78, 5) is 8.71. The number of hydrogen-bond acceptors (Lipinski definition) is 3. The zero-order valence-corrected chi connectivity index (χ0v) is 13.9. The highest BCUT2D eigenvalue weighted by atomic mass is 127. The van der Waals surface area contributed by atoms with Gasteiger partial charge in [0.1, 0.15) is 0 Å². The second kappa shape index (κ2) is 12.2. The molecule has 0 aliphatic heterocycles. The molecule has 0 radical (unpaired) electrons. The Labute approximate surface area is 132 Å². The van der Waals surface area contributed by atoms with Gasteiger partial charge >= 0.3 is 0 Å². The smallest absolute Gasteiger partial charge is 0.191 e. The predicted molar refractivity (Wildman–Crippen MR) is 89.0 cm³/mol. The van der Waals surface area contributed by atoms with Gasteiger partial charge in [-0.15, -0.1) is 24.0 Å². The Kier molecular flexibility index (Phi) is 11.6. The molecule has 1 aromatic heterocycles. The van der Waals surface area contributed by atoms with E-state index in [0.717, 1.165) is 37.8 Å². The molecule has 0 unspecified atom stereocenters. The number of aliphatic imine (C=N–C) groups is 1. The van der Waals surface area contributed by atoms with Crippen LogP contribution in [0.25, 0.3) is 0 Å². The Morgan fingerprint density at radius 2 is 2.21 bits per heavy atom. The minimum atomic E-state index is 0. The molecule has 108 valence electrons. The van der Waals surface area contributed by atoms with Crippen molar-refractivity contribution >= 4 is 29.9 Å². The van der Waals surface area contributed by atoms with Crippen LogP contribution in [0, 0.1) is 0 Å². The van der Waals surface area contributed by atoms with Gasteiger partial charge in [0.05, 0.1) is 12.2 Å². The van der Waals surface area contributed by atoms with Crippen LogP contribution in [0.15, 0.2) is 29.4 Å². The number of methoxy groups -OCH3 is 1. The standard InChI is InChI=1S/C13H22N4O.HI/c1-3-14-13(16-9-6-10-18-2)17-11-12-7-4-5-8-15-12;/h4-5,7-8H,3,6,9-11H2,1-2H3,(H2,14,16,17);1H. The maximum atomic E-state index is 5.00. The van der Waals surface area contributed by atoms with Crippen LogP contribution in [0.4, 0.5) is 0 Å². The first-order valence-corrected chi connectivity index (χ1v) is 6.28. The number of pyridine rings is 1. The predicted octanol–water partition coefficient (Wildman–Crippen LogP) is 1.79. The lowest BCUT2D eigenvalue weighted by molar-refractivity contribution is 0.195. The highest BCUT2D eigenvalue weighted by Gasteiger charge is 1.97. The maximum Gasteiger partial charge on any atom is 0.191 e. The van der Waals surface area contributed by atoms with Crippen molar-refractivity contribution in [2.45, 2.75) is 19.9 Å². The zero-order valence-electron chi connectivity index (χ0n) is 11.6. The molecular formula is C13H23IN4O. The Morgan fingerprint density at radius 1 is 1.37 bits per heavy atom. The molecule has 0 atom stereocenters. The second-order valence-corrected chi connectivity index (χ2v) is 3.79. The lowest BCUT2D eigenvalue weighted by Crippen LogP contribution is -2.38. The molecule has 5 nitrogen and oxygen atoms in total. The molecule has 0 saturated heterocycles. The molecule has 0 amide bonds. The first-order chi connectivity index (χ1) is 8.86. The summed E-state index contributed by atoms with van der Waals surface area (Å²) in [6.07, 6.45) is 2.74. The normalized spacial score (nSPS) is 10.7. The summed E-state index contributed by atoms with van der Waals surface area (Å²) in [5.74, 6) is 0.819. The van der Waals surface area contributed by atoms with Crippen molar-refractivity contribution in [3.05, 3.63) is 30.1 Å². The summed E-state index contributed by atoms with van der Waals surface area (Å²) in [5.41, 5.74) is 0.964. The van der Waals surface area contributed by atoms with E-state index in [1.54, 1.807) is 13.3 Å². The first kappa shape index (κ1) is 18.1. The molecule has 0 aromatic carbocycles. The Balaban J connectivity index is 0.00000324. The van der Waals surface area contributed by atoms with Crippen LogP contribution in [-0.4, -0.2) is 37.7 Å². The lowest BCUT2D eigenvalue weighted by atomic mass is 10.3. The van der Waals surface area contributed by atoms with E-state index in [1.165, 1.54) is 0 Å². The molecule has 6 heteroatoms. The molecule has 19 heavy (non-hydrogen) atoms. The number of hydrogen-bond donors (Lipinski definition) is 2. The molecule has 0 spiro atoms. The van der Waals surface area contributed by atoms with Gasteiger partial charge in [-0.1, -0.05) is 6.07 Å². The van der Waals surface area contributed by atoms with Gasteiger partial charge < -0.3 is 15.4 Å². The number of nitrogens with zero attached hydrogens (tertiary/aromatic N) is 2. The van der Waals surface area contributed by atoms with Crippen molar-refractivity contribution in [1.29, 1.82) is 0 Å². The highest BCUT2D eigenvalue weighted by Crippen LogP contribution is 1.95.